The number of hydrogen-bond acceptors (Lipinski definition) is 2. The molecule has 0 unspecified atom stereocenters. The molecule has 22 heavy (non-hydrogen) atoms. The van der Waals surface area contributed by atoms with Crippen LogP contribution in [0.2, 0.25) is 5.02 Å². The number of aryl methyl sites for hydroxylation is 1. The van der Waals surface area contributed by atoms with Crippen LogP contribution < -0.4 is 4.90 Å². The maximum absolute atomic E-state index is 5.95. The van der Waals surface area contributed by atoms with Crippen molar-refractivity contribution in [3.05, 3.63) is 76.1 Å². The molecule has 1 nitrogen and oxygen atoms in total. The van der Waals surface area contributed by atoms with E-state index in [-0.39, 0.29) is 0 Å². The zero-order chi connectivity index (χ0) is 15.5. The van der Waals surface area contributed by atoms with Crippen LogP contribution in [0.25, 0.3) is 10.4 Å². The Hall–Kier alpha value is -1.77. The van der Waals surface area contributed by atoms with Gasteiger partial charge in [0.05, 0.1) is 5.69 Å². The van der Waals surface area contributed by atoms with Gasteiger partial charge in [0.15, 0.2) is 0 Å². The fourth-order valence-electron chi connectivity index (χ4n) is 2.54. The van der Waals surface area contributed by atoms with Crippen molar-refractivity contribution in [3.63, 3.8) is 0 Å². The number of rotatable bonds is 4. The van der Waals surface area contributed by atoms with Crippen molar-refractivity contribution >= 4 is 28.6 Å². The van der Waals surface area contributed by atoms with Gasteiger partial charge in [-0.05, 0) is 36.2 Å². The number of nitrogens with zero attached hydrogens (tertiary/aromatic N) is 1. The van der Waals surface area contributed by atoms with Gasteiger partial charge >= 0.3 is 0 Å². The third kappa shape index (κ3) is 3.34. The largest absolute Gasteiger partial charge is 0.369 e. The van der Waals surface area contributed by atoms with Gasteiger partial charge in [-0.1, -0.05) is 54.1 Å². The molecular weight excluding hydrogens is 310 g/mol. The van der Waals surface area contributed by atoms with Crippen LogP contribution in [0.1, 0.15) is 10.4 Å². The summed E-state index contributed by atoms with van der Waals surface area (Å²) in [7, 11) is 2.14. The Morgan fingerprint density at radius 3 is 2.36 bits per heavy atom. The first-order valence-corrected chi connectivity index (χ1v) is 8.44. The lowest BCUT2D eigenvalue weighted by atomic mass is 10.1. The minimum atomic E-state index is 0.782. The molecule has 0 bridgehead atoms. The van der Waals surface area contributed by atoms with E-state index in [0.29, 0.717) is 0 Å². The monoisotopic (exact) mass is 327 g/mol. The first-order valence-electron chi connectivity index (χ1n) is 7.25. The smallest absolute Gasteiger partial charge is 0.0511 e. The highest BCUT2D eigenvalue weighted by Gasteiger charge is 2.11. The summed E-state index contributed by atoms with van der Waals surface area (Å²) in [6, 6.07) is 20.9. The number of thiophene rings is 1. The van der Waals surface area contributed by atoms with E-state index >= 15 is 0 Å². The second-order valence-corrected chi connectivity index (χ2v) is 7.09. The molecule has 0 amide bonds. The van der Waals surface area contributed by atoms with Crippen molar-refractivity contribution in [2.24, 2.45) is 0 Å². The van der Waals surface area contributed by atoms with Gasteiger partial charge in [-0.2, -0.15) is 0 Å². The minimum absolute atomic E-state index is 0.782. The van der Waals surface area contributed by atoms with Crippen LogP contribution in [-0.4, -0.2) is 7.05 Å². The Bertz CT molecular complexity index is 747. The SMILES string of the molecule is Cc1sc(-c2ccccc2)cc1N(C)Cc1ccc(Cl)cc1. The molecular formula is C19H18ClNS. The molecule has 112 valence electrons. The van der Waals surface area contributed by atoms with Gasteiger partial charge in [0.2, 0.25) is 0 Å². The molecule has 0 atom stereocenters. The highest BCUT2D eigenvalue weighted by molar-refractivity contribution is 7.16. The van der Waals surface area contributed by atoms with Crippen LogP contribution in [0, 0.1) is 6.92 Å². The number of halogens is 1. The lowest BCUT2D eigenvalue weighted by molar-refractivity contribution is 0.922. The van der Waals surface area contributed by atoms with E-state index in [4.69, 9.17) is 11.6 Å². The van der Waals surface area contributed by atoms with Crippen molar-refractivity contribution in [3.8, 4) is 10.4 Å². The number of benzene rings is 2. The third-order valence-corrected chi connectivity index (χ3v) is 5.03. The van der Waals surface area contributed by atoms with Gasteiger partial charge < -0.3 is 4.90 Å². The van der Waals surface area contributed by atoms with Gasteiger partial charge in [0, 0.05) is 28.4 Å². The molecule has 0 aliphatic carbocycles. The molecule has 0 radical (unpaired) electrons. The van der Waals surface area contributed by atoms with Gasteiger partial charge in [-0.25, -0.2) is 0 Å². The maximum atomic E-state index is 5.95. The summed E-state index contributed by atoms with van der Waals surface area (Å²) in [4.78, 5) is 4.95. The lowest BCUT2D eigenvalue weighted by Gasteiger charge is -2.19. The molecule has 3 aromatic rings. The Morgan fingerprint density at radius 2 is 1.68 bits per heavy atom. The Balaban J connectivity index is 1.82. The summed E-state index contributed by atoms with van der Waals surface area (Å²) in [6.07, 6.45) is 0. The van der Waals surface area contributed by atoms with Crippen LogP contribution in [0.4, 0.5) is 5.69 Å². The van der Waals surface area contributed by atoms with E-state index in [9.17, 15) is 0 Å². The van der Waals surface area contributed by atoms with Gasteiger partial charge in [-0.3, -0.25) is 0 Å². The molecule has 0 saturated heterocycles. The predicted molar refractivity (Wildman–Crippen MR) is 98.1 cm³/mol. The lowest BCUT2D eigenvalue weighted by Crippen LogP contribution is -2.16. The fourth-order valence-corrected chi connectivity index (χ4v) is 3.74. The second kappa shape index (κ2) is 6.55. The molecule has 3 rings (SSSR count). The van der Waals surface area contributed by atoms with Crippen LogP contribution in [0.3, 0.4) is 0 Å². The van der Waals surface area contributed by atoms with Crippen molar-refractivity contribution < 1.29 is 0 Å². The topological polar surface area (TPSA) is 3.24 Å². The van der Waals surface area contributed by atoms with Crippen molar-refractivity contribution in [2.75, 3.05) is 11.9 Å². The number of hydrogen-bond donors (Lipinski definition) is 0. The first kappa shape index (κ1) is 15.1. The summed E-state index contributed by atoms with van der Waals surface area (Å²) in [5.74, 6) is 0. The van der Waals surface area contributed by atoms with Gasteiger partial charge in [-0.15, -0.1) is 11.3 Å². The molecule has 0 spiro atoms. The summed E-state index contributed by atoms with van der Waals surface area (Å²) in [6.45, 7) is 3.06. The van der Waals surface area contributed by atoms with Crippen molar-refractivity contribution in [2.45, 2.75) is 13.5 Å². The predicted octanol–water partition coefficient (Wildman–Crippen LogP) is 6.01. The summed E-state index contributed by atoms with van der Waals surface area (Å²) >= 11 is 7.80. The molecule has 0 saturated carbocycles. The highest BCUT2D eigenvalue weighted by Crippen LogP contribution is 2.36. The van der Waals surface area contributed by atoms with Crippen molar-refractivity contribution in [1.29, 1.82) is 0 Å². The standard InChI is InChI=1S/C19H18ClNS/c1-14-18(12-19(22-14)16-6-4-3-5-7-16)21(2)13-15-8-10-17(20)11-9-15/h3-12H,13H2,1-2H3. The highest BCUT2D eigenvalue weighted by atomic mass is 35.5. The third-order valence-electron chi connectivity index (χ3n) is 3.69. The van der Waals surface area contributed by atoms with Gasteiger partial charge in [0.25, 0.3) is 0 Å². The maximum Gasteiger partial charge on any atom is 0.0511 e. The van der Waals surface area contributed by atoms with Crippen LogP contribution in [0.15, 0.2) is 60.7 Å². The summed E-state index contributed by atoms with van der Waals surface area (Å²) < 4.78 is 0. The summed E-state index contributed by atoms with van der Waals surface area (Å²) in [5, 5.41) is 0.782. The summed E-state index contributed by atoms with van der Waals surface area (Å²) in [5.41, 5.74) is 3.83. The van der Waals surface area contributed by atoms with Gasteiger partial charge in [0.1, 0.15) is 0 Å². The number of anilines is 1. The molecule has 1 heterocycles. The zero-order valence-corrected chi connectivity index (χ0v) is 14.3. The normalized spacial score (nSPS) is 10.7. The molecule has 0 fully saturated rings. The van der Waals surface area contributed by atoms with E-state index in [1.807, 2.05) is 23.5 Å². The van der Waals surface area contributed by atoms with Crippen LogP contribution in [0.5, 0.6) is 0 Å². The quantitative estimate of drug-likeness (QED) is 0.567. The van der Waals surface area contributed by atoms with E-state index in [1.165, 1.54) is 26.6 Å². The van der Waals surface area contributed by atoms with Crippen LogP contribution >= 0.6 is 22.9 Å². The molecule has 2 aromatic carbocycles. The van der Waals surface area contributed by atoms with E-state index in [1.54, 1.807) is 0 Å². The Morgan fingerprint density at radius 1 is 1.00 bits per heavy atom. The molecule has 3 heteroatoms. The average Bonchev–Trinajstić information content (AvgIpc) is 2.92. The van der Waals surface area contributed by atoms with E-state index < -0.39 is 0 Å². The van der Waals surface area contributed by atoms with Crippen molar-refractivity contribution in [1.82, 2.24) is 0 Å². The van der Waals surface area contributed by atoms with Crippen LogP contribution in [-0.2, 0) is 6.54 Å². The fraction of sp³-hybridized carbons (Fsp3) is 0.158. The van der Waals surface area contributed by atoms with E-state index in [2.05, 4.69) is 67.4 Å². The molecule has 0 aliphatic heterocycles. The average molecular weight is 328 g/mol. The molecule has 0 N–H and O–H groups in total. The Labute approximate surface area is 140 Å². The second-order valence-electron chi connectivity index (χ2n) is 5.40. The molecule has 0 aliphatic rings. The molecule has 1 aromatic heterocycles. The zero-order valence-electron chi connectivity index (χ0n) is 12.7. The van der Waals surface area contributed by atoms with E-state index in [0.717, 1.165) is 11.6 Å². The first-order chi connectivity index (χ1) is 10.6. The minimum Gasteiger partial charge on any atom is -0.369 e. The Kier molecular flexibility index (Phi) is 4.51.